The molecule has 0 spiro atoms. The minimum absolute atomic E-state index is 0.472. The summed E-state index contributed by atoms with van der Waals surface area (Å²) >= 11 is 11.8. The van der Waals surface area contributed by atoms with Gasteiger partial charge in [-0.2, -0.15) is 0 Å². The third-order valence-corrected chi connectivity index (χ3v) is 3.60. The maximum Gasteiger partial charge on any atom is 0.313 e. The van der Waals surface area contributed by atoms with Crippen molar-refractivity contribution in [2.45, 2.75) is 19.3 Å². The second-order valence-electron chi connectivity index (χ2n) is 5.17. The van der Waals surface area contributed by atoms with Crippen LogP contribution in [0.15, 0.2) is 42.5 Å². The Bertz CT molecular complexity index is 661. The van der Waals surface area contributed by atoms with E-state index >= 15 is 0 Å². The van der Waals surface area contributed by atoms with Gasteiger partial charge in [0.25, 0.3) is 0 Å². The molecule has 0 unspecified atom stereocenters. The van der Waals surface area contributed by atoms with Gasteiger partial charge in [0.15, 0.2) is 0 Å². The molecule has 0 heterocycles. The molecule has 2 rings (SSSR count). The zero-order chi connectivity index (χ0) is 15.6. The van der Waals surface area contributed by atoms with Gasteiger partial charge < -0.3 is 9.84 Å². The Morgan fingerprint density at radius 1 is 1.05 bits per heavy atom. The zero-order valence-corrected chi connectivity index (χ0v) is 13.1. The summed E-state index contributed by atoms with van der Waals surface area (Å²) in [6.07, 6.45) is 0. The van der Waals surface area contributed by atoms with E-state index in [1.165, 1.54) is 0 Å². The van der Waals surface area contributed by atoms with Gasteiger partial charge in [-0.05, 0) is 49.7 Å². The second-order valence-corrected chi connectivity index (χ2v) is 6.04. The van der Waals surface area contributed by atoms with E-state index in [4.69, 9.17) is 27.9 Å². The maximum atomic E-state index is 11.3. The van der Waals surface area contributed by atoms with E-state index in [9.17, 15) is 9.90 Å². The van der Waals surface area contributed by atoms with Gasteiger partial charge in [-0.1, -0.05) is 35.3 Å². The van der Waals surface area contributed by atoms with Crippen LogP contribution in [0.3, 0.4) is 0 Å². The minimum Gasteiger partial charge on any atom is -0.481 e. The van der Waals surface area contributed by atoms with Crippen LogP contribution < -0.4 is 4.74 Å². The summed E-state index contributed by atoms with van der Waals surface area (Å²) in [7, 11) is 0. The van der Waals surface area contributed by atoms with Crippen molar-refractivity contribution in [1.29, 1.82) is 0 Å². The Kier molecular flexibility index (Phi) is 4.45. The lowest BCUT2D eigenvalue weighted by molar-refractivity contribution is -0.142. The van der Waals surface area contributed by atoms with Crippen LogP contribution in [0.25, 0.3) is 0 Å². The minimum atomic E-state index is -0.995. The molecule has 0 aliphatic carbocycles. The summed E-state index contributed by atoms with van der Waals surface area (Å²) in [6, 6.07) is 11.8. The van der Waals surface area contributed by atoms with E-state index in [-0.39, 0.29) is 0 Å². The molecule has 0 saturated heterocycles. The zero-order valence-electron chi connectivity index (χ0n) is 11.6. The topological polar surface area (TPSA) is 46.5 Å². The van der Waals surface area contributed by atoms with E-state index in [2.05, 4.69) is 0 Å². The molecule has 0 aliphatic heterocycles. The first kappa shape index (κ1) is 15.7. The first-order chi connectivity index (χ1) is 9.79. The van der Waals surface area contributed by atoms with Crippen LogP contribution in [0.2, 0.25) is 10.0 Å². The Morgan fingerprint density at radius 2 is 1.67 bits per heavy atom. The SMILES string of the molecule is CC(C)(C(=O)O)c1cccc(Oc2cc(Cl)cc(Cl)c2)c1. The van der Waals surface area contributed by atoms with Gasteiger partial charge in [-0.3, -0.25) is 4.79 Å². The Labute approximate surface area is 133 Å². The summed E-state index contributed by atoms with van der Waals surface area (Å²) in [5.74, 6) is 0.128. The van der Waals surface area contributed by atoms with Crippen molar-refractivity contribution in [1.82, 2.24) is 0 Å². The van der Waals surface area contributed by atoms with Crippen LogP contribution in [-0.4, -0.2) is 11.1 Å². The predicted octanol–water partition coefficient (Wildman–Crippen LogP) is 5.15. The normalized spacial score (nSPS) is 11.2. The molecule has 0 bridgehead atoms. The Balaban J connectivity index is 2.32. The molecule has 5 heteroatoms. The standard InChI is InChI=1S/C16H14Cl2O3/c1-16(2,15(19)20)10-4-3-5-13(6-10)21-14-8-11(17)7-12(18)9-14/h3-9H,1-2H3,(H,19,20). The molecule has 21 heavy (non-hydrogen) atoms. The van der Waals surface area contributed by atoms with Crippen molar-refractivity contribution in [2.24, 2.45) is 0 Å². The van der Waals surface area contributed by atoms with Crippen molar-refractivity contribution >= 4 is 29.2 Å². The molecule has 0 aliphatic rings. The third kappa shape index (κ3) is 3.69. The molecule has 110 valence electrons. The fourth-order valence-corrected chi connectivity index (χ4v) is 2.30. The first-order valence-corrected chi connectivity index (χ1v) is 7.02. The molecule has 0 fully saturated rings. The second kappa shape index (κ2) is 5.96. The third-order valence-electron chi connectivity index (χ3n) is 3.16. The molecule has 0 aromatic heterocycles. The molecular formula is C16H14Cl2O3. The Morgan fingerprint density at radius 3 is 2.24 bits per heavy atom. The molecule has 1 N–H and O–H groups in total. The van der Waals surface area contributed by atoms with Gasteiger partial charge >= 0.3 is 5.97 Å². The van der Waals surface area contributed by atoms with Crippen molar-refractivity contribution in [3.8, 4) is 11.5 Å². The number of ether oxygens (including phenoxy) is 1. The van der Waals surface area contributed by atoms with E-state index in [1.54, 1.807) is 56.3 Å². The fraction of sp³-hybridized carbons (Fsp3) is 0.188. The smallest absolute Gasteiger partial charge is 0.313 e. The highest BCUT2D eigenvalue weighted by atomic mass is 35.5. The van der Waals surface area contributed by atoms with Crippen LogP contribution in [0, 0.1) is 0 Å². The van der Waals surface area contributed by atoms with Gasteiger partial charge in [-0.25, -0.2) is 0 Å². The summed E-state index contributed by atoms with van der Waals surface area (Å²) in [6.45, 7) is 3.29. The van der Waals surface area contributed by atoms with Crippen LogP contribution in [-0.2, 0) is 10.2 Å². The molecule has 0 amide bonds. The lowest BCUT2D eigenvalue weighted by atomic mass is 9.85. The molecule has 0 radical (unpaired) electrons. The van der Waals surface area contributed by atoms with Crippen LogP contribution in [0.4, 0.5) is 0 Å². The molecular weight excluding hydrogens is 311 g/mol. The number of halogens is 2. The van der Waals surface area contributed by atoms with Crippen LogP contribution in [0.5, 0.6) is 11.5 Å². The number of carboxylic acids is 1. The molecule has 3 nitrogen and oxygen atoms in total. The average Bonchev–Trinajstić information content (AvgIpc) is 2.37. The number of carboxylic acid groups (broad SMARTS) is 1. The highest BCUT2D eigenvalue weighted by Gasteiger charge is 2.29. The van der Waals surface area contributed by atoms with Gasteiger partial charge in [0.2, 0.25) is 0 Å². The van der Waals surface area contributed by atoms with E-state index < -0.39 is 11.4 Å². The quantitative estimate of drug-likeness (QED) is 0.846. The Hall–Kier alpha value is -1.71. The predicted molar refractivity (Wildman–Crippen MR) is 83.6 cm³/mol. The summed E-state index contributed by atoms with van der Waals surface area (Å²) in [5.41, 5.74) is -0.341. The van der Waals surface area contributed by atoms with Crippen molar-refractivity contribution in [3.63, 3.8) is 0 Å². The lowest BCUT2D eigenvalue weighted by Crippen LogP contribution is -2.28. The van der Waals surface area contributed by atoms with Gasteiger partial charge in [0, 0.05) is 10.0 Å². The van der Waals surface area contributed by atoms with Gasteiger partial charge in [0.05, 0.1) is 5.41 Å². The van der Waals surface area contributed by atoms with E-state index in [1.807, 2.05) is 0 Å². The number of aliphatic carboxylic acids is 1. The number of benzene rings is 2. The molecule has 2 aromatic rings. The van der Waals surface area contributed by atoms with E-state index in [0.717, 1.165) is 0 Å². The monoisotopic (exact) mass is 324 g/mol. The lowest BCUT2D eigenvalue weighted by Gasteiger charge is -2.20. The maximum absolute atomic E-state index is 11.3. The van der Waals surface area contributed by atoms with Gasteiger partial charge in [-0.15, -0.1) is 0 Å². The number of rotatable bonds is 4. The number of carbonyl (C=O) groups is 1. The number of hydrogen-bond donors (Lipinski definition) is 1. The highest BCUT2D eigenvalue weighted by molar-refractivity contribution is 6.34. The molecule has 0 atom stereocenters. The first-order valence-electron chi connectivity index (χ1n) is 6.27. The average molecular weight is 325 g/mol. The van der Waals surface area contributed by atoms with Gasteiger partial charge in [0.1, 0.15) is 11.5 Å². The number of hydrogen-bond acceptors (Lipinski definition) is 2. The summed E-state index contributed by atoms with van der Waals surface area (Å²) in [5, 5.41) is 10.2. The van der Waals surface area contributed by atoms with Crippen molar-refractivity contribution in [3.05, 3.63) is 58.1 Å². The largest absolute Gasteiger partial charge is 0.481 e. The van der Waals surface area contributed by atoms with Crippen LogP contribution >= 0.6 is 23.2 Å². The molecule has 2 aromatic carbocycles. The molecule has 0 saturated carbocycles. The summed E-state index contributed by atoms with van der Waals surface area (Å²) < 4.78 is 5.69. The van der Waals surface area contributed by atoms with E-state index in [0.29, 0.717) is 27.1 Å². The highest BCUT2D eigenvalue weighted by Crippen LogP contribution is 2.31. The van der Waals surface area contributed by atoms with Crippen molar-refractivity contribution in [2.75, 3.05) is 0 Å². The fourth-order valence-electron chi connectivity index (χ4n) is 1.80. The van der Waals surface area contributed by atoms with Crippen molar-refractivity contribution < 1.29 is 14.6 Å². The summed E-state index contributed by atoms with van der Waals surface area (Å²) in [4.78, 5) is 11.3. The van der Waals surface area contributed by atoms with Crippen LogP contribution in [0.1, 0.15) is 19.4 Å².